The highest BCUT2D eigenvalue weighted by Crippen LogP contribution is 2.35. The van der Waals surface area contributed by atoms with E-state index in [1.54, 1.807) is 0 Å². The summed E-state index contributed by atoms with van der Waals surface area (Å²) in [6, 6.07) is 2.36. The van der Waals surface area contributed by atoms with Gasteiger partial charge < -0.3 is 15.1 Å². The quantitative estimate of drug-likeness (QED) is 0.776. The number of hydrogen-bond donors (Lipinski definition) is 1. The summed E-state index contributed by atoms with van der Waals surface area (Å²) < 4.78 is 0. The van der Waals surface area contributed by atoms with E-state index in [-0.39, 0.29) is 0 Å². The molecule has 0 radical (unpaired) electrons. The van der Waals surface area contributed by atoms with E-state index < -0.39 is 0 Å². The minimum absolute atomic E-state index is 0.527. The summed E-state index contributed by atoms with van der Waals surface area (Å²) in [6.07, 6.45) is 16.3. The van der Waals surface area contributed by atoms with Crippen molar-refractivity contribution in [2.45, 2.75) is 108 Å². The highest BCUT2D eigenvalue weighted by Gasteiger charge is 2.40. The van der Waals surface area contributed by atoms with Crippen LogP contribution in [0.5, 0.6) is 0 Å². The van der Waals surface area contributed by atoms with Gasteiger partial charge in [0, 0.05) is 13.6 Å². The predicted molar refractivity (Wildman–Crippen MR) is 121 cm³/mol. The van der Waals surface area contributed by atoms with Gasteiger partial charge in [0.05, 0.1) is 30.7 Å². The van der Waals surface area contributed by atoms with Gasteiger partial charge in [-0.1, -0.05) is 45.4 Å². The molecular weight excluding hydrogens is 358 g/mol. The van der Waals surface area contributed by atoms with Gasteiger partial charge in [-0.05, 0) is 50.4 Å². The monoisotopic (exact) mass is 399 g/mol. The van der Waals surface area contributed by atoms with Crippen LogP contribution in [0.15, 0.2) is 9.98 Å². The van der Waals surface area contributed by atoms with Crippen LogP contribution >= 0.6 is 0 Å². The van der Waals surface area contributed by atoms with Crippen LogP contribution in [-0.2, 0) is 0 Å². The van der Waals surface area contributed by atoms with Crippen molar-refractivity contribution in [3.8, 4) is 0 Å². The Hall–Kier alpha value is -1.26. The first-order chi connectivity index (χ1) is 14.2. The Morgan fingerprint density at radius 3 is 2.21 bits per heavy atom. The number of aliphatic imine (C=N–C) groups is 2. The molecule has 2 heterocycles. The summed E-state index contributed by atoms with van der Waals surface area (Å²) in [4.78, 5) is 15.5. The van der Waals surface area contributed by atoms with E-state index in [0.717, 1.165) is 18.4 Å². The second-order valence-corrected chi connectivity index (χ2v) is 10.6. The highest BCUT2D eigenvalue weighted by atomic mass is 15.4. The molecule has 2 aliphatic heterocycles. The zero-order valence-corrected chi connectivity index (χ0v) is 18.7. The molecular formula is C24H41N5. The van der Waals surface area contributed by atoms with Crippen molar-refractivity contribution in [2.24, 2.45) is 21.8 Å². The highest BCUT2D eigenvalue weighted by molar-refractivity contribution is 5.91. The fraction of sp³-hybridized carbons (Fsp3) is 0.917. The third-order valence-electron chi connectivity index (χ3n) is 8.56. The number of amidine groups is 1. The van der Waals surface area contributed by atoms with E-state index in [1.807, 2.05) is 0 Å². The van der Waals surface area contributed by atoms with Crippen molar-refractivity contribution in [3.05, 3.63) is 0 Å². The van der Waals surface area contributed by atoms with Crippen LogP contribution in [0.4, 0.5) is 0 Å². The first-order valence-electron chi connectivity index (χ1n) is 12.6. The summed E-state index contributed by atoms with van der Waals surface area (Å²) in [5.41, 5.74) is 0. The standard InChI is InChI=1S/C24H41N5/c1-17-11-13-18(14-12-17)16-29-22-10-6-4-8-20(22)27-24(29)25-15-23-26-19-7-3-5-9-21(19)28(23)2/h17-22H,3-16H2,1-2H3,(H,25,27). The molecule has 3 fully saturated rings. The number of hydrogen-bond acceptors (Lipinski definition) is 5. The Morgan fingerprint density at radius 2 is 1.48 bits per heavy atom. The average molecular weight is 400 g/mol. The van der Waals surface area contributed by atoms with Gasteiger partial charge in [0.25, 0.3) is 0 Å². The molecule has 5 aliphatic rings. The molecule has 0 aromatic rings. The number of nitrogens with zero attached hydrogens (tertiary/aromatic N) is 4. The van der Waals surface area contributed by atoms with Crippen LogP contribution in [0, 0.1) is 11.8 Å². The lowest BCUT2D eigenvalue weighted by Gasteiger charge is -2.37. The maximum Gasteiger partial charge on any atom is 0.194 e. The summed E-state index contributed by atoms with van der Waals surface area (Å²) in [7, 11) is 2.26. The molecule has 3 saturated carbocycles. The van der Waals surface area contributed by atoms with Crippen molar-refractivity contribution in [1.82, 2.24) is 15.1 Å². The van der Waals surface area contributed by atoms with Gasteiger partial charge in [-0.2, -0.15) is 0 Å². The molecule has 0 saturated heterocycles. The molecule has 3 aliphatic carbocycles. The number of guanidine groups is 1. The molecule has 0 spiro atoms. The fourth-order valence-corrected chi connectivity index (χ4v) is 6.65. The van der Waals surface area contributed by atoms with Crippen molar-refractivity contribution in [1.29, 1.82) is 0 Å². The largest absolute Gasteiger partial charge is 0.357 e. The van der Waals surface area contributed by atoms with Crippen LogP contribution in [0.1, 0.15) is 84.0 Å². The van der Waals surface area contributed by atoms with E-state index >= 15 is 0 Å². The molecule has 29 heavy (non-hydrogen) atoms. The van der Waals surface area contributed by atoms with E-state index in [2.05, 4.69) is 29.1 Å². The van der Waals surface area contributed by atoms with Crippen LogP contribution in [-0.4, -0.2) is 65.9 Å². The van der Waals surface area contributed by atoms with Crippen LogP contribution in [0.2, 0.25) is 0 Å². The molecule has 0 aromatic heterocycles. The number of fused-ring (bicyclic) bond motifs is 2. The summed E-state index contributed by atoms with van der Waals surface area (Å²) in [5, 5.41) is 3.77. The second-order valence-electron chi connectivity index (χ2n) is 10.6. The smallest absolute Gasteiger partial charge is 0.194 e. The van der Waals surface area contributed by atoms with Gasteiger partial charge in [0.2, 0.25) is 0 Å². The van der Waals surface area contributed by atoms with Gasteiger partial charge in [0.15, 0.2) is 5.96 Å². The molecule has 5 rings (SSSR count). The van der Waals surface area contributed by atoms with Crippen LogP contribution < -0.4 is 5.32 Å². The van der Waals surface area contributed by atoms with Crippen LogP contribution in [0.3, 0.4) is 0 Å². The molecule has 0 bridgehead atoms. The normalized spacial score (nSPS) is 39.7. The summed E-state index contributed by atoms with van der Waals surface area (Å²) in [6.45, 7) is 4.49. The van der Waals surface area contributed by atoms with Crippen molar-refractivity contribution in [3.63, 3.8) is 0 Å². The second kappa shape index (κ2) is 8.47. The molecule has 0 aromatic carbocycles. The molecule has 5 heteroatoms. The zero-order chi connectivity index (χ0) is 19.8. The Balaban J connectivity index is 1.24. The topological polar surface area (TPSA) is 43.2 Å². The first-order valence-corrected chi connectivity index (χ1v) is 12.6. The number of likely N-dealkylation sites (N-methyl/N-ethyl adjacent to an activating group) is 1. The van der Waals surface area contributed by atoms with E-state index in [9.17, 15) is 0 Å². The summed E-state index contributed by atoms with van der Waals surface area (Å²) in [5.74, 6) is 4.23. The van der Waals surface area contributed by atoms with Gasteiger partial charge in [-0.3, -0.25) is 4.99 Å². The van der Waals surface area contributed by atoms with Gasteiger partial charge >= 0.3 is 0 Å². The maximum absolute atomic E-state index is 5.21. The lowest BCUT2D eigenvalue weighted by atomic mass is 9.82. The van der Waals surface area contributed by atoms with Crippen molar-refractivity contribution >= 4 is 11.8 Å². The fourth-order valence-electron chi connectivity index (χ4n) is 6.65. The Bertz CT molecular complexity index is 635. The minimum atomic E-state index is 0.527. The molecule has 5 nitrogen and oxygen atoms in total. The van der Waals surface area contributed by atoms with E-state index in [1.165, 1.54) is 95.4 Å². The van der Waals surface area contributed by atoms with E-state index in [0.29, 0.717) is 24.2 Å². The SMILES string of the molecule is CC1CCC(CN2C(NCC3=NC4CCCCC4N3C)=NC3CCCCC32)CC1. The number of nitrogens with one attached hydrogen (secondary N) is 1. The molecule has 162 valence electrons. The van der Waals surface area contributed by atoms with Gasteiger partial charge in [-0.15, -0.1) is 0 Å². The third-order valence-corrected chi connectivity index (χ3v) is 8.56. The van der Waals surface area contributed by atoms with Crippen molar-refractivity contribution in [2.75, 3.05) is 20.1 Å². The Morgan fingerprint density at radius 1 is 0.828 bits per heavy atom. The molecule has 4 atom stereocenters. The molecule has 0 amide bonds. The van der Waals surface area contributed by atoms with Gasteiger partial charge in [0.1, 0.15) is 5.84 Å². The zero-order valence-electron chi connectivity index (χ0n) is 18.7. The summed E-state index contributed by atoms with van der Waals surface area (Å²) >= 11 is 0. The van der Waals surface area contributed by atoms with Gasteiger partial charge in [-0.25, -0.2) is 4.99 Å². The minimum Gasteiger partial charge on any atom is -0.357 e. The lowest BCUT2D eigenvalue weighted by Crippen LogP contribution is -2.50. The third kappa shape index (κ3) is 4.03. The Labute approximate surface area is 177 Å². The van der Waals surface area contributed by atoms with Crippen LogP contribution in [0.25, 0.3) is 0 Å². The predicted octanol–water partition coefficient (Wildman–Crippen LogP) is 4.04. The lowest BCUT2D eigenvalue weighted by molar-refractivity contribution is 0.183. The average Bonchev–Trinajstić information content (AvgIpc) is 3.26. The molecule has 4 unspecified atom stereocenters. The van der Waals surface area contributed by atoms with Crippen molar-refractivity contribution < 1.29 is 0 Å². The number of rotatable bonds is 4. The molecule has 1 N–H and O–H groups in total. The Kier molecular flexibility index (Phi) is 5.75. The maximum atomic E-state index is 5.21. The first kappa shape index (κ1) is 19.7. The van der Waals surface area contributed by atoms with E-state index in [4.69, 9.17) is 9.98 Å².